The lowest BCUT2D eigenvalue weighted by Crippen LogP contribution is -2.14. The van der Waals surface area contributed by atoms with Gasteiger partial charge in [-0.05, 0) is 30.3 Å². The topological polar surface area (TPSA) is 76.1 Å². The number of anilines is 3. The molecule has 6 nitrogen and oxygen atoms in total. The van der Waals surface area contributed by atoms with E-state index in [2.05, 4.69) is 25.6 Å². The van der Waals surface area contributed by atoms with Crippen LogP contribution in [0.3, 0.4) is 0 Å². The molecule has 0 saturated carbocycles. The first-order valence-electron chi connectivity index (χ1n) is 7.93. The average molecular weight is 461 g/mol. The zero-order valence-corrected chi connectivity index (χ0v) is 16.8. The summed E-state index contributed by atoms with van der Waals surface area (Å²) >= 11 is 8.16. The van der Waals surface area contributed by atoms with Crippen molar-refractivity contribution in [3.8, 4) is 5.75 Å². The molecule has 0 unspecified atom stereocenters. The van der Waals surface area contributed by atoms with Crippen molar-refractivity contribution in [3.05, 3.63) is 53.3 Å². The number of benzene rings is 2. The van der Waals surface area contributed by atoms with Gasteiger partial charge < -0.3 is 15.4 Å². The minimum absolute atomic E-state index is 0.0290. The number of carbonyl (C=O) groups is 1. The third-order valence-corrected chi connectivity index (χ3v) is 5.55. The average Bonchev–Trinajstić information content (AvgIpc) is 3.11. The predicted molar refractivity (Wildman–Crippen MR) is 107 cm³/mol. The molecule has 2 aromatic carbocycles. The Morgan fingerprint density at radius 1 is 1.24 bits per heavy atom. The van der Waals surface area contributed by atoms with Crippen molar-refractivity contribution in [1.82, 2.24) is 10.2 Å². The molecule has 1 heterocycles. The molecule has 1 amide bonds. The van der Waals surface area contributed by atoms with Crippen LogP contribution in [-0.2, 0) is 4.79 Å². The number of thioether (sulfide) groups is 1. The van der Waals surface area contributed by atoms with Gasteiger partial charge in [0, 0.05) is 5.69 Å². The van der Waals surface area contributed by atoms with Crippen LogP contribution in [0.1, 0.15) is 0 Å². The number of hydrogen-bond acceptors (Lipinski definition) is 7. The van der Waals surface area contributed by atoms with Crippen LogP contribution in [0.2, 0.25) is 5.02 Å². The number of nitrogens with one attached hydrogen (secondary N) is 2. The molecular formula is C17H12ClF3N4O2S2. The van der Waals surface area contributed by atoms with E-state index in [4.69, 9.17) is 11.6 Å². The second-order valence-electron chi connectivity index (χ2n) is 5.34. The summed E-state index contributed by atoms with van der Waals surface area (Å²) in [5.74, 6) is -0.925. The number of hydrogen-bond donors (Lipinski definition) is 2. The minimum atomic E-state index is -2.99. The molecule has 12 heteroatoms. The summed E-state index contributed by atoms with van der Waals surface area (Å²) < 4.78 is 42.8. The van der Waals surface area contributed by atoms with E-state index in [1.807, 2.05) is 0 Å². The van der Waals surface area contributed by atoms with Crippen molar-refractivity contribution >= 4 is 57.1 Å². The molecule has 3 rings (SSSR count). The van der Waals surface area contributed by atoms with Crippen LogP contribution in [0.25, 0.3) is 0 Å². The van der Waals surface area contributed by atoms with Gasteiger partial charge in [-0.1, -0.05) is 46.8 Å². The lowest BCUT2D eigenvalue weighted by atomic mass is 10.3. The second kappa shape index (κ2) is 9.81. The smallest absolute Gasteiger partial charge is 0.387 e. The van der Waals surface area contributed by atoms with E-state index in [-0.39, 0.29) is 28.1 Å². The zero-order chi connectivity index (χ0) is 20.8. The van der Waals surface area contributed by atoms with Gasteiger partial charge in [0.05, 0.1) is 16.5 Å². The summed E-state index contributed by atoms with van der Waals surface area (Å²) in [5.41, 5.74) is 0.607. The normalized spacial score (nSPS) is 10.8. The molecule has 0 saturated heterocycles. The molecule has 3 aromatic rings. The SMILES string of the molecule is O=C(CSc1nnc(Nc2ccccc2F)s1)Nc1ccc(OC(F)F)c(Cl)c1. The van der Waals surface area contributed by atoms with E-state index in [0.29, 0.717) is 15.2 Å². The number of rotatable bonds is 8. The molecule has 0 spiro atoms. The van der Waals surface area contributed by atoms with Crippen LogP contribution in [0.4, 0.5) is 29.7 Å². The highest BCUT2D eigenvalue weighted by Crippen LogP contribution is 2.30. The van der Waals surface area contributed by atoms with Gasteiger partial charge in [0.25, 0.3) is 0 Å². The van der Waals surface area contributed by atoms with Gasteiger partial charge in [-0.3, -0.25) is 4.79 Å². The van der Waals surface area contributed by atoms with E-state index < -0.39 is 12.4 Å². The molecule has 0 bridgehead atoms. The number of carbonyl (C=O) groups excluding carboxylic acids is 1. The minimum Gasteiger partial charge on any atom is -0.433 e. The Labute approximate surface area is 176 Å². The fraction of sp³-hybridized carbons (Fsp3) is 0.118. The molecule has 29 heavy (non-hydrogen) atoms. The Kier molecular flexibility index (Phi) is 7.18. The lowest BCUT2D eigenvalue weighted by molar-refractivity contribution is -0.113. The fourth-order valence-corrected chi connectivity index (χ4v) is 3.88. The molecule has 0 aliphatic rings. The third-order valence-electron chi connectivity index (χ3n) is 3.28. The van der Waals surface area contributed by atoms with Crippen molar-refractivity contribution in [1.29, 1.82) is 0 Å². The Bertz CT molecular complexity index is 1010. The highest BCUT2D eigenvalue weighted by atomic mass is 35.5. The summed E-state index contributed by atoms with van der Waals surface area (Å²) in [6, 6.07) is 10.1. The van der Waals surface area contributed by atoms with Gasteiger partial charge in [-0.2, -0.15) is 8.78 Å². The van der Waals surface area contributed by atoms with Gasteiger partial charge in [-0.15, -0.1) is 10.2 Å². The fourth-order valence-electron chi connectivity index (χ4n) is 2.09. The van der Waals surface area contributed by atoms with Crippen LogP contribution in [-0.4, -0.2) is 28.5 Å². The van der Waals surface area contributed by atoms with Crippen molar-refractivity contribution in [3.63, 3.8) is 0 Å². The van der Waals surface area contributed by atoms with Crippen LogP contribution in [0.5, 0.6) is 5.75 Å². The number of halogens is 4. The van der Waals surface area contributed by atoms with E-state index >= 15 is 0 Å². The number of alkyl halides is 2. The van der Waals surface area contributed by atoms with Crippen LogP contribution in [0.15, 0.2) is 46.8 Å². The molecule has 0 fully saturated rings. The Balaban J connectivity index is 1.52. The van der Waals surface area contributed by atoms with Crippen LogP contribution in [0, 0.1) is 5.82 Å². The summed E-state index contributed by atoms with van der Waals surface area (Å²) in [6.45, 7) is -2.99. The van der Waals surface area contributed by atoms with Gasteiger partial charge in [0.1, 0.15) is 11.6 Å². The molecule has 0 aliphatic heterocycles. The summed E-state index contributed by atoms with van der Waals surface area (Å²) in [7, 11) is 0. The molecule has 0 radical (unpaired) electrons. The monoisotopic (exact) mass is 460 g/mol. The van der Waals surface area contributed by atoms with Gasteiger partial charge in [0.15, 0.2) is 4.34 Å². The maximum atomic E-state index is 13.6. The summed E-state index contributed by atoms with van der Waals surface area (Å²) in [5, 5.41) is 13.6. The van der Waals surface area contributed by atoms with Crippen molar-refractivity contribution in [2.45, 2.75) is 11.0 Å². The van der Waals surface area contributed by atoms with Crippen molar-refractivity contribution in [2.24, 2.45) is 0 Å². The van der Waals surface area contributed by atoms with Gasteiger partial charge in [0.2, 0.25) is 11.0 Å². The first-order chi connectivity index (χ1) is 13.9. The molecule has 1 aromatic heterocycles. The number of amides is 1. The number of nitrogens with zero attached hydrogens (tertiary/aromatic N) is 2. The zero-order valence-electron chi connectivity index (χ0n) is 14.4. The lowest BCUT2D eigenvalue weighted by Gasteiger charge is -2.09. The maximum Gasteiger partial charge on any atom is 0.387 e. The highest BCUT2D eigenvalue weighted by molar-refractivity contribution is 8.01. The first-order valence-corrected chi connectivity index (χ1v) is 10.1. The van der Waals surface area contributed by atoms with E-state index in [0.717, 1.165) is 11.8 Å². The Morgan fingerprint density at radius 3 is 2.76 bits per heavy atom. The third kappa shape index (κ3) is 6.24. The quantitative estimate of drug-likeness (QED) is 0.438. The molecule has 152 valence electrons. The molecule has 2 N–H and O–H groups in total. The predicted octanol–water partition coefficient (Wildman–Crippen LogP) is 5.41. The highest BCUT2D eigenvalue weighted by Gasteiger charge is 2.12. The summed E-state index contributed by atoms with van der Waals surface area (Å²) in [4.78, 5) is 12.1. The Morgan fingerprint density at radius 2 is 2.03 bits per heavy atom. The maximum absolute atomic E-state index is 13.6. The van der Waals surface area contributed by atoms with Crippen LogP contribution >= 0.6 is 34.7 Å². The Hall–Kier alpha value is -2.50. The van der Waals surface area contributed by atoms with Crippen LogP contribution < -0.4 is 15.4 Å². The number of ether oxygens (including phenoxy) is 1. The van der Waals surface area contributed by atoms with Crippen molar-refractivity contribution in [2.75, 3.05) is 16.4 Å². The van der Waals surface area contributed by atoms with Gasteiger partial charge >= 0.3 is 6.61 Å². The standard InChI is InChI=1S/C17H12ClF3N4O2S2/c18-10-7-9(5-6-13(10)27-15(20)21)22-14(26)8-28-17-25-24-16(29-17)23-12-4-2-1-3-11(12)19/h1-7,15H,8H2,(H,22,26)(H,23,24). The first kappa shape index (κ1) is 21.2. The molecule has 0 aliphatic carbocycles. The number of aromatic nitrogens is 2. The van der Waals surface area contributed by atoms with E-state index in [1.165, 1.54) is 35.6 Å². The second-order valence-corrected chi connectivity index (χ2v) is 7.95. The largest absolute Gasteiger partial charge is 0.433 e. The summed E-state index contributed by atoms with van der Waals surface area (Å²) in [6.07, 6.45) is 0. The van der Waals surface area contributed by atoms with E-state index in [9.17, 15) is 18.0 Å². The molecular weight excluding hydrogens is 449 g/mol. The van der Waals surface area contributed by atoms with Crippen molar-refractivity contribution < 1.29 is 22.7 Å². The molecule has 0 atom stereocenters. The van der Waals surface area contributed by atoms with E-state index in [1.54, 1.807) is 18.2 Å². The number of para-hydroxylation sites is 1. The van der Waals surface area contributed by atoms with Gasteiger partial charge in [-0.25, -0.2) is 4.39 Å².